The van der Waals surface area contributed by atoms with Gasteiger partial charge in [-0.15, -0.1) is 0 Å². The lowest BCUT2D eigenvalue weighted by Gasteiger charge is -2.17. The first-order valence-corrected chi connectivity index (χ1v) is 7.86. The minimum atomic E-state index is -0.809. The van der Waals surface area contributed by atoms with Crippen molar-refractivity contribution in [1.29, 1.82) is 0 Å². The molecule has 0 spiro atoms. The molecule has 1 saturated carbocycles. The number of ether oxygens (including phenoxy) is 2. The number of benzene rings is 1. The van der Waals surface area contributed by atoms with E-state index in [0.29, 0.717) is 35.5 Å². The van der Waals surface area contributed by atoms with E-state index in [1.807, 2.05) is 6.92 Å². The van der Waals surface area contributed by atoms with Gasteiger partial charge in [0.1, 0.15) is 29.3 Å². The Kier molecular flexibility index (Phi) is 4.74. The maximum atomic E-state index is 14.3. The van der Waals surface area contributed by atoms with Gasteiger partial charge in [-0.2, -0.15) is 0 Å². The highest BCUT2D eigenvalue weighted by molar-refractivity contribution is 5.83. The number of rotatable bonds is 7. The molecule has 6 heteroatoms. The van der Waals surface area contributed by atoms with Gasteiger partial charge in [0, 0.05) is 11.6 Å². The van der Waals surface area contributed by atoms with E-state index in [-0.39, 0.29) is 11.8 Å². The second kappa shape index (κ2) is 6.95. The molecule has 3 rings (SSSR count). The molecule has 0 bridgehead atoms. The minimum absolute atomic E-state index is 0.0354. The van der Waals surface area contributed by atoms with Crippen LogP contribution in [0.4, 0.5) is 8.78 Å². The summed E-state index contributed by atoms with van der Waals surface area (Å²) in [6, 6.07) is 3.81. The Balaban J connectivity index is 2.16. The van der Waals surface area contributed by atoms with Crippen molar-refractivity contribution in [1.82, 2.24) is 4.98 Å². The van der Waals surface area contributed by atoms with Crippen molar-refractivity contribution in [3.8, 4) is 22.8 Å². The number of pyridine rings is 1. The van der Waals surface area contributed by atoms with Gasteiger partial charge in [0.2, 0.25) is 0 Å². The van der Waals surface area contributed by atoms with Crippen LogP contribution in [0, 0.1) is 11.6 Å². The average Bonchev–Trinajstić information content (AvgIpc) is 3.37. The van der Waals surface area contributed by atoms with Gasteiger partial charge in [-0.3, -0.25) is 4.79 Å². The van der Waals surface area contributed by atoms with Crippen LogP contribution in [0.2, 0.25) is 0 Å². The van der Waals surface area contributed by atoms with E-state index in [1.54, 1.807) is 0 Å². The van der Waals surface area contributed by atoms with Crippen molar-refractivity contribution in [3.05, 3.63) is 41.6 Å². The molecule has 1 fully saturated rings. The standard InChI is InChI=1S/C18H17F2NO3/c1-2-5-23-15-6-11(10-22)7-16(24-13-3-4-13)17(15)18-14(20)8-12(19)9-21-18/h6-10,13H,2-5H2,1H3. The quantitative estimate of drug-likeness (QED) is 0.714. The van der Waals surface area contributed by atoms with Crippen molar-refractivity contribution in [2.45, 2.75) is 32.3 Å². The summed E-state index contributed by atoms with van der Waals surface area (Å²) >= 11 is 0. The molecule has 0 N–H and O–H groups in total. The average molecular weight is 333 g/mol. The van der Waals surface area contributed by atoms with Crippen LogP contribution in [0.1, 0.15) is 36.5 Å². The van der Waals surface area contributed by atoms with Gasteiger partial charge in [-0.25, -0.2) is 13.8 Å². The molecular formula is C18H17F2NO3. The number of carbonyl (C=O) groups is 1. The van der Waals surface area contributed by atoms with Crippen LogP contribution in [-0.2, 0) is 0 Å². The van der Waals surface area contributed by atoms with E-state index < -0.39 is 11.6 Å². The van der Waals surface area contributed by atoms with Gasteiger partial charge >= 0.3 is 0 Å². The molecule has 0 radical (unpaired) electrons. The van der Waals surface area contributed by atoms with Crippen LogP contribution < -0.4 is 9.47 Å². The van der Waals surface area contributed by atoms with Crippen molar-refractivity contribution in [2.75, 3.05) is 6.61 Å². The van der Waals surface area contributed by atoms with Gasteiger partial charge in [0.15, 0.2) is 5.82 Å². The fraction of sp³-hybridized carbons (Fsp3) is 0.333. The molecule has 1 heterocycles. The molecule has 126 valence electrons. The molecule has 2 aromatic rings. The number of halogens is 2. The molecule has 0 amide bonds. The van der Waals surface area contributed by atoms with Crippen LogP contribution in [0.25, 0.3) is 11.3 Å². The Morgan fingerprint density at radius 1 is 1.25 bits per heavy atom. The molecule has 0 saturated heterocycles. The second-order valence-corrected chi connectivity index (χ2v) is 5.66. The first-order chi connectivity index (χ1) is 11.6. The highest BCUT2D eigenvalue weighted by Gasteiger charge is 2.28. The molecule has 0 unspecified atom stereocenters. The van der Waals surface area contributed by atoms with Gasteiger partial charge in [0.05, 0.1) is 24.5 Å². The summed E-state index contributed by atoms with van der Waals surface area (Å²) in [7, 11) is 0. The SMILES string of the molecule is CCCOc1cc(C=O)cc(OC2CC2)c1-c1ncc(F)cc1F. The third-order valence-electron chi connectivity index (χ3n) is 3.55. The third kappa shape index (κ3) is 3.53. The lowest BCUT2D eigenvalue weighted by atomic mass is 10.0. The lowest BCUT2D eigenvalue weighted by molar-refractivity contribution is 0.112. The molecule has 1 aliphatic rings. The maximum absolute atomic E-state index is 14.3. The number of nitrogens with zero attached hydrogens (tertiary/aromatic N) is 1. The Morgan fingerprint density at radius 3 is 2.62 bits per heavy atom. The molecular weight excluding hydrogens is 316 g/mol. The summed E-state index contributed by atoms with van der Waals surface area (Å²) in [5.41, 5.74) is 0.608. The van der Waals surface area contributed by atoms with Crippen LogP contribution in [0.15, 0.2) is 24.4 Å². The number of hydrogen-bond donors (Lipinski definition) is 0. The fourth-order valence-corrected chi connectivity index (χ4v) is 2.29. The number of hydrogen-bond acceptors (Lipinski definition) is 4. The summed E-state index contributed by atoms with van der Waals surface area (Å²) in [5, 5.41) is 0. The minimum Gasteiger partial charge on any atom is -0.493 e. The van der Waals surface area contributed by atoms with E-state index in [4.69, 9.17) is 9.47 Å². The van der Waals surface area contributed by atoms with Crippen LogP contribution >= 0.6 is 0 Å². The van der Waals surface area contributed by atoms with E-state index in [0.717, 1.165) is 31.5 Å². The van der Waals surface area contributed by atoms with Crippen molar-refractivity contribution in [3.63, 3.8) is 0 Å². The Labute approximate surface area is 138 Å². The normalized spacial score (nSPS) is 13.6. The van der Waals surface area contributed by atoms with Gasteiger partial charge in [-0.1, -0.05) is 6.92 Å². The zero-order valence-corrected chi connectivity index (χ0v) is 13.2. The van der Waals surface area contributed by atoms with E-state index in [2.05, 4.69) is 4.98 Å². The summed E-state index contributed by atoms with van der Waals surface area (Å²) in [5.74, 6) is -0.946. The molecule has 1 aliphatic carbocycles. The molecule has 4 nitrogen and oxygen atoms in total. The zero-order valence-electron chi connectivity index (χ0n) is 13.2. The van der Waals surface area contributed by atoms with Crippen molar-refractivity contribution in [2.24, 2.45) is 0 Å². The molecule has 0 aliphatic heterocycles. The monoisotopic (exact) mass is 333 g/mol. The van der Waals surface area contributed by atoms with Crippen molar-refractivity contribution < 1.29 is 23.0 Å². The van der Waals surface area contributed by atoms with Gasteiger partial charge in [0.25, 0.3) is 0 Å². The van der Waals surface area contributed by atoms with E-state index >= 15 is 0 Å². The van der Waals surface area contributed by atoms with E-state index in [1.165, 1.54) is 12.1 Å². The highest BCUT2D eigenvalue weighted by atomic mass is 19.1. The number of carbonyl (C=O) groups excluding carboxylic acids is 1. The third-order valence-corrected chi connectivity index (χ3v) is 3.55. The van der Waals surface area contributed by atoms with Crippen LogP contribution in [-0.4, -0.2) is 24.0 Å². The Morgan fingerprint density at radius 2 is 2.00 bits per heavy atom. The Bertz CT molecular complexity index is 760. The van der Waals surface area contributed by atoms with Crippen LogP contribution in [0.5, 0.6) is 11.5 Å². The predicted octanol–water partition coefficient (Wildman–Crippen LogP) is 4.17. The molecule has 1 aromatic carbocycles. The summed E-state index contributed by atoms with van der Waals surface area (Å²) in [6.45, 7) is 2.32. The number of aromatic nitrogens is 1. The van der Waals surface area contributed by atoms with Gasteiger partial charge in [-0.05, 0) is 31.4 Å². The van der Waals surface area contributed by atoms with Gasteiger partial charge < -0.3 is 9.47 Å². The van der Waals surface area contributed by atoms with Crippen molar-refractivity contribution >= 4 is 6.29 Å². The molecule has 24 heavy (non-hydrogen) atoms. The maximum Gasteiger partial charge on any atom is 0.152 e. The Hall–Kier alpha value is -2.50. The van der Waals surface area contributed by atoms with E-state index in [9.17, 15) is 13.6 Å². The van der Waals surface area contributed by atoms with Crippen LogP contribution in [0.3, 0.4) is 0 Å². The summed E-state index contributed by atoms with van der Waals surface area (Å²) in [4.78, 5) is 15.1. The first kappa shape index (κ1) is 16.4. The largest absolute Gasteiger partial charge is 0.493 e. The topological polar surface area (TPSA) is 48.4 Å². The zero-order chi connectivity index (χ0) is 17.1. The molecule has 0 atom stereocenters. The highest BCUT2D eigenvalue weighted by Crippen LogP contribution is 2.42. The second-order valence-electron chi connectivity index (χ2n) is 5.66. The summed E-state index contributed by atoms with van der Waals surface area (Å²) < 4.78 is 39.0. The lowest BCUT2D eigenvalue weighted by Crippen LogP contribution is -2.05. The smallest absolute Gasteiger partial charge is 0.152 e. The summed E-state index contributed by atoms with van der Waals surface area (Å²) in [6.07, 6.45) is 4.19. The predicted molar refractivity (Wildman–Crippen MR) is 84.4 cm³/mol. The fourth-order valence-electron chi connectivity index (χ4n) is 2.29. The first-order valence-electron chi connectivity index (χ1n) is 7.86. The number of aldehydes is 1. The molecule has 1 aromatic heterocycles.